The number of hydrogen-bond donors (Lipinski definition) is 1. The van der Waals surface area contributed by atoms with Crippen molar-refractivity contribution in [3.8, 4) is 0 Å². The summed E-state index contributed by atoms with van der Waals surface area (Å²) in [5, 5.41) is 7.41. The Labute approximate surface area is 82.9 Å². The van der Waals surface area contributed by atoms with E-state index in [0.29, 0.717) is 0 Å². The van der Waals surface area contributed by atoms with Gasteiger partial charge < -0.3 is 5.32 Å². The first-order valence-electron chi connectivity index (χ1n) is 5.04. The van der Waals surface area contributed by atoms with Crippen LogP contribution in [0.15, 0.2) is 17.1 Å². The minimum Gasteiger partial charge on any atom is -0.315 e. The van der Waals surface area contributed by atoms with Crippen LogP contribution < -0.4 is 10.9 Å². The van der Waals surface area contributed by atoms with Crippen molar-refractivity contribution in [2.24, 2.45) is 0 Å². The molecule has 4 heteroatoms. The fraction of sp³-hybridized carbons (Fsp3) is 0.600. The maximum Gasteiger partial charge on any atom is 0.269 e. The number of aromatic nitrogens is 2. The molecule has 1 atom stereocenters. The maximum atomic E-state index is 11.7. The first-order chi connectivity index (χ1) is 6.79. The predicted molar refractivity (Wildman–Crippen MR) is 54.4 cm³/mol. The van der Waals surface area contributed by atoms with Crippen molar-refractivity contribution in [3.63, 3.8) is 0 Å². The molecular formula is C10H15N3O. The number of nitrogens with zero attached hydrogens (tertiary/aromatic N) is 2. The summed E-state index contributed by atoms with van der Waals surface area (Å²) in [6.07, 6.45) is 3.86. The van der Waals surface area contributed by atoms with E-state index in [4.69, 9.17) is 0 Å². The van der Waals surface area contributed by atoms with Gasteiger partial charge in [-0.05, 0) is 32.4 Å². The zero-order chi connectivity index (χ0) is 9.97. The van der Waals surface area contributed by atoms with Gasteiger partial charge in [0.05, 0.1) is 6.04 Å². The van der Waals surface area contributed by atoms with E-state index >= 15 is 0 Å². The average Bonchev–Trinajstić information content (AvgIpc) is 2.23. The highest BCUT2D eigenvalue weighted by molar-refractivity contribution is 5.04. The van der Waals surface area contributed by atoms with Crippen LogP contribution in [0.1, 0.15) is 24.4 Å². The molecule has 0 amide bonds. The molecule has 1 aromatic heterocycles. The van der Waals surface area contributed by atoms with Crippen LogP contribution in [0.2, 0.25) is 0 Å². The third-order valence-corrected chi connectivity index (χ3v) is 2.68. The van der Waals surface area contributed by atoms with Gasteiger partial charge in [0.25, 0.3) is 5.56 Å². The van der Waals surface area contributed by atoms with Crippen LogP contribution in [0.4, 0.5) is 0 Å². The maximum absolute atomic E-state index is 11.7. The standard InChI is InChI=1S/C10H15N3O/c1-8-4-6-12-13(10(8)14)9-3-2-5-11-7-9/h4,6,9,11H,2-3,5,7H2,1H3. The van der Waals surface area contributed by atoms with Gasteiger partial charge in [-0.1, -0.05) is 0 Å². The summed E-state index contributed by atoms with van der Waals surface area (Å²) >= 11 is 0. The molecule has 0 aromatic carbocycles. The van der Waals surface area contributed by atoms with Crippen LogP contribution in [-0.2, 0) is 0 Å². The van der Waals surface area contributed by atoms with Crippen molar-refractivity contribution in [1.29, 1.82) is 0 Å². The Hall–Kier alpha value is -1.16. The molecule has 0 aliphatic carbocycles. The van der Waals surface area contributed by atoms with E-state index in [1.807, 2.05) is 6.92 Å². The number of rotatable bonds is 1. The highest BCUT2D eigenvalue weighted by Crippen LogP contribution is 2.12. The van der Waals surface area contributed by atoms with E-state index in [-0.39, 0.29) is 11.6 Å². The first-order valence-corrected chi connectivity index (χ1v) is 5.04. The van der Waals surface area contributed by atoms with Gasteiger partial charge in [-0.25, -0.2) is 4.68 Å². The van der Waals surface area contributed by atoms with Crippen LogP contribution >= 0.6 is 0 Å². The second-order valence-corrected chi connectivity index (χ2v) is 3.76. The molecule has 4 nitrogen and oxygen atoms in total. The Morgan fingerprint density at radius 2 is 2.50 bits per heavy atom. The minimum absolute atomic E-state index is 0.0428. The third-order valence-electron chi connectivity index (χ3n) is 2.68. The van der Waals surface area contributed by atoms with Gasteiger partial charge in [0, 0.05) is 18.3 Å². The zero-order valence-corrected chi connectivity index (χ0v) is 8.36. The predicted octanol–water partition coefficient (Wildman–Crippen LogP) is 0.476. The van der Waals surface area contributed by atoms with Crippen LogP contribution in [0.5, 0.6) is 0 Å². The lowest BCUT2D eigenvalue weighted by Gasteiger charge is -2.23. The van der Waals surface area contributed by atoms with Gasteiger partial charge in [-0.3, -0.25) is 4.79 Å². The van der Waals surface area contributed by atoms with Gasteiger partial charge in [-0.15, -0.1) is 0 Å². The topological polar surface area (TPSA) is 46.9 Å². The summed E-state index contributed by atoms with van der Waals surface area (Å²) in [7, 11) is 0. The second-order valence-electron chi connectivity index (χ2n) is 3.76. The summed E-state index contributed by atoms with van der Waals surface area (Å²) in [5.74, 6) is 0. The molecule has 14 heavy (non-hydrogen) atoms. The van der Waals surface area contributed by atoms with Crippen LogP contribution in [0.25, 0.3) is 0 Å². The monoisotopic (exact) mass is 193 g/mol. The van der Waals surface area contributed by atoms with Crippen molar-refractivity contribution < 1.29 is 0 Å². The number of nitrogens with one attached hydrogen (secondary N) is 1. The Morgan fingerprint density at radius 3 is 3.21 bits per heavy atom. The molecule has 1 aromatic rings. The summed E-state index contributed by atoms with van der Waals surface area (Å²) in [6, 6.07) is 1.99. The Kier molecular flexibility index (Phi) is 2.63. The molecule has 0 bridgehead atoms. The summed E-state index contributed by atoms with van der Waals surface area (Å²) in [5.41, 5.74) is 0.812. The van der Waals surface area contributed by atoms with E-state index in [9.17, 15) is 4.79 Å². The Bertz CT molecular complexity index is 366. The molecule has 1 aliphatic rings. The number of hydrogen-bond acceptors (Lipinski definition) is 3. The normalized spacial score (nSPS) is 22.2. The smallest absolute Gasteiger partial charge is 0.269 e. The quantitative estimate of drug-likeness (QED) is 0.705. The van der Waals surface area contributed by atoms with E-state index in [1.54, 1.807) is 16.9 Å². The summed E-state index contributed by atoms with van der Waals surface area (Å²) < 4.78 is 1.61. The van der Waals surface area contributed by atoms with Gasteiger partial charge in [0.2, 0.25) is 0 Å². The molecule has 0 radical (unpaired) electrons. The van der Waals surface area contributed by atoms with Crippen LogP contribution in [-0.4, -0.2) is 22.9 Å². The lowest BCUT2D eigenvalue weighted by molar-refractivity contribution is 0.334. The number of piperidine rings is 1. The van der Waals surface area contributed by atoms with E-state index in [2.05, 4.69) is 10.4 Å². The largest absolute Gasteiger partial charge is 0.315 e. The second kappa shape index (κ2) is 3.92. The lowest BCUT2D eigenvalue weighted by atomic mass is 10.1. The Morgan fingerprint density at radius 1 is 1.64 bits per heavy atom. The van der Waals surface area contributed by atoms with E-state index < -0.39 is 0 Å². The molecule has 2 rings (SSSR count). The fourth-order valence-electron chi connectivity index (χ4n) is 1.82. The van der Waals surface area contributed by atoms with Gasteiger partial charge >= 0.3 is 0 Å². The lowest BCUT2D eigenvalue weighted by Crippen LogP contribution is -2.38. The highest BCUT2D eigenvalue weighted by Gasteiger charge is 2.16. The molecule has 0 spiro atoms. The van der Waals surface area contributed by atoms with Crippen molar-refractivity contribution >= 4 is 0 Å². The summed E-state index contributed by atoms with van der Waals surface area (Å²) in [4.78, 5) is 11.7. The zero-order valence-electron chi connectivity index (χ0n) is 8.36. The third kappa shape index (κ3) is 1.70. The molecule has 76 valence electrons. The molecule has 1 saturated heterocycles. The van der Waals surface area contributed by atoms with Gasteiger partial charge in [0.1, 0.15) is 0 Å². The molecule has 1 fully saturated rings. The molecule has 1 unspecified atom stereocenters. The average molecular weight is 193 g/mol. The van der Waals surface area contributed by atoms with Crippen LogP contribution in [0.3, 0.4) is 0 Å². The minimum atomic E-state index is 0.0428. The van der Waals surface area contributed by atoms with Crippen molar-refractivity contribution in [2.45, 2.75) is 25.8 Å². The molecule has 0 saturated carbocycles. The van der Waals surface area contributed by atoms with E-state index in [0.717, 1.165) is 31.5 Å². The fourth-order valence-corrected chi connectivity index (χ4v) is 1.82. The molecular weight excluding hydrogens is 178 g/mol. The van der Waals surface area contributed by atoms with Gasteiger partial charge in [-0.2, -0.15) is 5.10 Å². The Balaban J connectivity index is 2.31. The molecule has 1 aliphatic heterocycles. The van der Waals surface area contributed by atoms with Gasteiger partial charge in [0.15, 0.2) is 0 Å². The van der Waals surface area contributed by atoms with Crippen molar-refractivity contribution in [3.05, 3.63) is 28.2 Å². The summed E-state index contributed by atoms with van der Waals surface area (Å²) in [6.45, 7) is 3.74. The van der Waals surface area contributed by atoms with Crippen molar-refractivity contribution in [1.82, 2.24) is 15.1 Å². The van der Waals surface area contributed by atoms with Crippen molar-refractivity contribution in [2.75, 3.05) is 13.1 Å². The van der Waals surface area contributed by atoms with Crippen LogP contribution in [0, 0.1) is 6.92 Å². The SMILES string of the molecule is Cc1ccnn(C2CCCNC2)c1=O. The molecule has 1 N–H and O–H groups in total. The molecule has 2 heterocycles. The first kappa shape index (κ1) is 9.40. The van der Waals surface area contributed by atoms with E-state index in [1.165, 1.54) is 0 Å². The number of aryl methyl sites for hydroxylation is 1. The highest BCUT2D eigenvalue weighted by atomic mass is 16.1.